The molecule has 1 fully saturated rings. The first-order chi connectivity index (χ1) is 7.15. The van der Waals surface area contributed by atoms with Gasteiger partial charge in [0.1, 0.15) is 0 Å². The van der Waals surface area contributed by atoms with E-state index in [1.54, 1.807) is 0 Å². The van der Waals surface area contributed by atoms with Crippen molar-refractivity contribution in [1.29, 1.82) is 0 Å². The van der Waals surface area contributed by atoms with E-state index in [4.69, 9.17) is 0 Å². The third-order valence-electron chi connectivity index (χ3n) is 4.35. The molecule has 1 saturated heterocycles. The molecule has 1 aliphatic rings. The summed E-state index contributed by atoms with van der Waals surface area (Å²) in [4.78, 5) is 0. The fourth-order valence-electron chi connectivity index (χ4n) is 2.74. The van der Waals surface area contributed by atoms with Crippen molar-refractivity contribution < 1.29 is 0 Å². The largest absolute Gasteiger partial charge is 0.314 e. The van der Waals surface area contributed by atoms with Crippen molar-refractivity contribution in [2.75, 3.05) is 6.54 Å². The quantitative estimate of drug-likeness (QED) is 0.728. The minimum atomic E-state index is 0.790. The molecule has 1 rings (SSSR count). The van der Waals surface area contributed by atoms with E-state index in [1.807, 2.05) is 0 Å². The molecule has 1 nitrogen and oxygen atoms in total. The molecule has 0 aromatic heterocycles. The summed E-state index contributed by atoms with van der Waals surface area (Å²) in [7, 11) is 0. The van der Waals surface area contributed by atoms with Crippen LogP contribution in [0.25, 0.3) is 0 Å². The maximum atomic E-state index is 3.69. The molecule has 0 bridgehead atoms. The second-order valence-electron chi connectivity index (χ2n) is 5.64. The number of piperidine rings is 1. The van der Waals surface area contributed by atoms with Gasteiger partial charge in [-0.3, -0.25) is 0 Å². The van der Waals surface area contributed by atoms with E-state index in [9.17, 15) is 0 Å². The maximum Gasteiger partial charge on any atom is 0.00952 e. The zero-order valence-electron chi connectivity index (χ0n) is 11.1. The summed E-state index contributed by atoms with van der Waals surface area (Å²) in [6, 6.07) is 0.790. The van der Waals surface area contributed by atoms with Crippen molar-refractivity contribution in [3.8, 4) is 0 Å². The molecule has 1 N–H and O–H groups in total. The van der Waals surface area contributed by atoms with Crippen LogP contribution in [0.2, 0.25) is 0 Å². The van der Waals surface area contributed by atoms with Crippen molar-refractivity contribution in [1.82, 2.24) is 5.32 Å². The third-order valence-corrected chi connectivity index (χ3v) is 4.35. The first kappa shape index (κ1) is 13.0. The summed E-state index contributed by atoms with van der Waals surface area (Å²) in [5.74, 6) is 2.61. The summed E-state index contributed by atoms with van der Waals surface area (Å²) in [5, 5.41) is 3.69. The van der Waals surface area contributed by atoms with Gasteiger partial charge in [0, 0.05) is 6.04 Å². The average Bonchev–Trinajstić information content (AvgIpc) is 2.29. The number of rotatable bonds is 5. The van der Waals surface area contributed by atoms with Crippen LogP contribution in [0.1, 0.15) is 59.8 Å². The van der Waals surface area contributed by atoms with Crippen LogP contribution in [0, 0.1) is 17.8 Å². The van der Waals surface area contributed by atoms with Gasteiger partial charge in [-0.25, -0.2) is 0 Å². The Morgan fingerprint density at radius 1 is 1.20 bits per heavy atom. The molecular weight excluding hydrogens is 182 g/mol. The van der Waals surface area contributed by atoms with E-state index in [0.717, 1.165) is 23.8 Å². The van der Waals surface area contributed by atoms with Crippen LogP contribution in [0.15, 0.2) is 0 Å². The molecule has 0 aromatic rings. The lowest BCUT2D eigenvalue weighted by molar-refractivity contribution is 0.217. The SMILES string of the molecule is CCC(C)CC(C)C(C)C1CCCCN1. The summed E-state index contributed by atoms with van der Waals surface area (Å²) >= 11 is 0. The summed E-state index contributed by atoms with van der Waals surface area (Å²) in [6.07, 6.45) is 6.93. The third kappa shape index (κ3) is 4.14. The van der Waals surface area contributed by atoms with Gasteiger partial charge in [-0.05, 0) is 43.6 Å². The lowest BCUT2D eigenvalue weighted by Crippen LogP contribution is -2.41. The lowest BCUT2D eigenvalue weighted by atomic mass is 9.80. The predicted molar refractivity (Wildman–Crippen MR) is 68.0 cm³/mol. The Morgan fingerprint density at radius 2 is 1.93 bits per heavy atom. The van der Waals surface area contributed by atoms with Crippen molar-refractivity contribution in [2.45, 2.75) is 65.8 Å². The van der Waals surface area contributed by atoms with Crippen LogP contribution < -0.4 is 5.32 Å². The van der Waals surface area contributed by atoms with Crippen molar-refractivity contribution in [3.05, 3.63) is 0 Å². The average molecular weight is 211 g/mol. The minimum Gasteiger partial charge on any atom is -0.314 e. The number of nitrogens with one attached hydrogen (secondary N) is 1. The molecule has 15 heavy (non-hydrogen) atoms. The van der Waals surface area contributed by atoms with Gasteiger partial charge >= 0.3 is 0 Å². The summed E-state index contributed by atoms with van der Waals surface area (Å²) in [5.41, 5.74) is 0. The fraction of sp³-hybridized carbons (Fsp3) is 1.00. The molecule has 1 heteroatoms. The van der Waals surface area contributed by atoms with Crippen LogP contribution in [-0.4, -0.2) is 12.6 Å². The monoisotopic (exact) mass is 211 g/mol. The predicted octanol–water partition coefficient (Wildman–Crippen LogP) is 3.84. The summed E-state index contributed by atoms with van der Waals surface area (Å²) in [6.45, 7) is 10.8. The molecule has 0 spiro atoms. The Bertz CT molecular complexity index is 161. The molecule has 4 unspecified atom stereocenters. The van der Waals surface area contributed by atoms with E-state index in [1.165, 1.54) is 38.6 Å². The zero-order valence-corrected chi connectivity index (χ0v) is 11.1. The lowest BCUT2D eigenvalue weighted by Gasteiger charge is -2.33. The molecule has 0 amide bonds. The Labute approximate surface area is 96.0 Å². The van der Waals surface area contributed by atoms with Crippen LogP contribution in [0.3, 0.4) is 0 Å². The Morgan fingerprint density at radius 3 is 2.47 bits per heavy atom. The molecular formula is C14H29N. The van der Waals surface area contributed by atoms with Gasteiger partial charge in [0.25, 0.3) is 0 Å². The Kier molecular flexibility index (Phi) is 5.66. The molecule has 0 aliphatic carbocycles. The molecule has 0 radical (unpaired) electrons. The number of hydrogen-bond donors (Lipinski definition) is 1. The molecule has 4 atom stereocenters. The second kappa shape index (κ2) is 6.52. The van der Waals surface area contributed by atoms with Gasteiger partial charge in [-0.1, -0.05) is 40.5 Å². The smallest absolute Gasteiger partial charge is 0.00952 e. The second-order valence-corrected chi connectivity index (χ2v) is 5.64. The Balaban J connectivity index is 2.33. The highest BCUT2D eigenvalue weighted by Crippen LogP contribution is 2.27. The van der Waals surface area contributed by atoms with E-state index in [-0.39, 0.29) is 0 Å². The standard InChI is InChI=1S/C14H29N/c1-5-11(2)10-12(3)13(4)14-8-6-7-9-15-14/h11-15H,5-10H2,1-4H3. The normalized spacial score (nSPS) is 28.4. The fourth-order valence-corrected chi connectivity index (χ4v) is 2.74. The van der Waals surface area contributed by atoms with Gasteiger partial charge in [0.15, 0.2) is 0 Å². The highest BCUT2D eigenvalue weighted by Gasteiger charge is 2.24. The zero-order chi connectivity index (χ0) is 11.3. The maximum absolute atomic E-state index is 3.69. The van der Waals surface area contributed by atoms with Gasteiger partial charge in [0.2, 0.25) is 0 Å². The topological polar surface area (TPSA) is 12.0 Å². The van der Waals surface area contributed by atoms with E-state index >= 15 is 0 Å². The highest BCUT2D eigenvalue weighted by atomic mass is 14.9. The first-order valence-electron chi connectivity index (χ1n) is 6.88. The minimum absolute atomic E-state index is 0.790. The van der Waals surface area contributed by atoms with Gasteiger partial charge < -0.3 is 5.32 Å². The Hall–Kier alpha value is -0.0400. The molecule has 0 saturated carbocycles. The van der Waals surface area contributed by atoms with Crippen LogP contribution in [0.4, 0.5) is 0 Å². The van der Waals surface area contributed by atoms with Crippen molar-refractivity contribution >= 4 is 0 Å². The van der Waals surface area contributed by atoms with Gasteiger partial charge in [-0.15, -0.1) is 0 Å². The van der Waals surface area contributed by atoms with Gasteiger partial charge in [0.05, 0.1) is 0 Å². The number of hydrogen-bond acceptors (Lipinski definition) is 1. The molecule has 1 heterocycles. The summed E-state index contributed by atoms with van der Waals surface area (Å²) < 4.78 is 0. The molecule has 0 aromatic carbocycles. The molecule has 1 aliphatic heterocycles. The van der Waals surface area contributed by atoms with Crippen LogP contribution >= 0.6 is 0 Å². The first-order valence-corrected chi connectivity index (χ1v) is 6.88. The molecule has 90 valence electrons. The van der Waals surface area contributed by atoms with E-state index < -0.39 is 0 Å². The van der Waals surface area contributed by atoms with Crippen LogP contribution in [0.5, 0.6) is 0 Å². The van der Waals surface area contributed by atoms with E-state index in [0.29, 0.717) is 0 Å². The highest BCUT2D eigenvalue weighted by molar-refractivity contribution is 4.80. The van der Waals surface area contributed by atoms with Crippen molar-refractivity contribution in [3.63, 3.8) is 0 Å². The van der Waals surface area contributed by atoms with Crippen LogP contribution in [-0.2, 0) is 0 Å². The van der Waals surface area contributed by atoms with Crippen molar-refractivity contribution in [2.24, 2.45) is 17.8 Å². The van der Waals surface area contributed by atoms with Gasteiger partial charge in [-0.2, -0.15) is 0 Å². The van der Waals surface area contributed by atoms with E-state index in [2.05, 4.69) is 33.0 Å².